The summed E-state index contributed by atoms with van der Waals surface area (Å²) in [6, 6.07) is 12.0. The number of amides is 2. The van der Waals surface area contributed by atoms with Crippen LogP contribution < -0.4 is 0 Å². The number of nitrogens with zero attached hydrogens (tertiary/aromatic N) is 3. The number of carbonyl (C=O) groups excluding carboxylic acids is 2. The molecule has 2 aromatic rings. The Hall–Kier alpha value is -2.63. The molecular formula is C21H26N4O2. The lowest BCUT2D eigenvalue weighted by atomic mass is 9.73. The molecule has 1 N–H and O–H groups in total. The molecule has 2 aliphatic rings. The monoisotopic (exact) mass is 366 g/mol. The normalized spacial score (nSPS) is 23.0. The molecule has 0 saturated carbocycles. The van der Waals surface area contributed by atoms with E-state index in [0.717, 1.165) is 51.9 Å². The van der Waals surface area contributed by atoms with Gasteiger partial charge in [0.25, 0.3) is 5.91 Å². The topological polar surface area (TPSA) is 69.3 Å². The zero-order chi connectivity index (χ0) is 18.7. The largest absolute Gasteiger partial charge is 0.342 e. The van der Waals surface area contributed by atoms with E-state index in [-0.39, 0.29) is 17.2 Å². The molecule has 1 aromatic carbocycles. The molecule has 2 aliphatic heterocycles. The van der Waals surface area contributed by atoms with Crippen molar-refractivity contribution < 1.29 is 9.59 Å². The first-order valence-electron chi connectivity index (χ1n) is 9.76. The van der Waals surface area contributed by atoms with E-state index in [0.29, 0.717) is 12.1 Å². The average molecular weight is 366 g/mol. The Balaban J connectivity index is 1.42. The van der Waals surface area contributed by atoms with Gasteiger partial charge in [-0.2, -0.15) is 5.10 Å². The Kier molecular flexibility index (Phi) is 4.97. The molecule has 2 saturated heterocycles. The second-order valence-electron chi connectivity index (χ2n) is 7.85. The van der Waals surface area contributed by atoms with Crippen molar-refractivity contribution in [1.29, 1.82) is 0 Å². The number of rotatable bonds is 4. The number of benzene rings is 1. The summed E-state index contributed by atoms with van der Waals surface area (Å²) >= 11 is 0. The Morgan fingerprint density at radius 2 is 2.00 bits per heavy atom. The fourth-order valence-electron chi connectivity index (χ4n) is 4.47. The molecule has 1 spiro atoms. The summed E-state index contributed by atoms with van der Waals surface area (Å²) in [6.07, 6.45) is 6.01. The van der Waals surface area contributed by atoms with Gasteiger partial charge in [0.2, 0.25) is 5.91 Å². The van der Waals surface area contributed by atoms with Crippen molar-refractivity contribution in [1.82, 2.24) is 20.0 Å². The Labute approximate surface area is 159 Å². The first-order chi connectivity index (χ1) is 13.2. The lowest BCUT2D eigenvalue weighted by Crippen LogP contribution is -2.55. The number of H-pyrrole nitrogens is 1. The van der Waals surface area contributed by atoms with Crippen molar-refractivity contribution in [2.75, 3.05) is 26.2 Å². The highest BCUT2D eigenvalue weighted by Gasteiger charge is 2.42. The lowest BCUT2D eigenvalue weighted by Gasteiger charge is -2.48. The van der Waals surface area contributed by atoms with Gasteiger partial charge in [-0.05, 0) is 37.3 Å². The third-order valence-corrected chi connectivity index (χ3v) is 5.94. The van der Waals surface area contributed by atoms with Crippen LogP contribution in [0.5, 0.6) is 0 Å². The Bertz CT molecular complexity index is 790. The van der Waals surface area contributed by atoms with Crippen LogP contribution in [0.15, 0.2) is 42.6 Å². The molecule has 3 heterocycles. The third kappa shape index (κ3) is 3.89. The molecular weight excluding hydrogens is 340 g/mol. The molecule has 0 radical (unpaired) electrons. The molecule has 2 fully saturated rings. The summed E-state index contributed by atoms with van der Waals surface area (Å²) in [5.41, 5.74) is 1.82. The molecule has 0 aliphatic carbocycles. The summed E-state index contributed by atoms with van der Waals surface area (Å²) in [4.78, 5) is 29.1. The number of carbonyl (C=O) groups is 2. The maximum Gasteiger partial charge on any atom is 0.271 e. The predicted molar refractivity (Wildman–Crippen MR) is 102 cm³/mol. The standard InChI is InChI=1S/C21H26N4O2/c26-19-7-11-21(15-24(19)14-9-17-5-2-1-3-6-17)10-4-13-25(16-21)20(27)18-8-12-22-23-18/h1-3,5-6,8,12H,4,7,9-11,13-16H2,(H,22,23). The second-order valence-corrected chi connectivity index (χ2v) is 7.85. The average Bonchev–Trinajstić information content (AvgIpc) is 3.24. The molecule has 1 aromatic heterocycles. The van der Waals surface area contributed by atoms with Crippen molar-refractivity contribution in [3.05, 3.63) is 53.9 Å². The van der Waals surface area contributed by atoms with Gasteiger partial charge in [0, 0.05) is 44.2 Å². The highest BCUT2D eigenvalue weighted by atomic mass is 16.2. The van der Waals surface area contributed by atoms with Crippen LogP contribution >= 0.6 is 0 Å². The number of piperidine rings is 2. The zero-order valence-corrected chi connectivity index (χ0v) is 15.6. The van der Waals surface area contributed by atoms with Crippen molar-refractivity contribution in [2.24, 2.45) is 5.41 Å². The minimum atomic E-state index is 0.0133. The lowest BCUT2D eigenvalue weighted by molar-refractivity contribution is -0.138. The quantitative estimate of drug-likeness (QED) is 0.904. The van der Waals surface area contributed by atoms with Gasteiger partial charge in [0.1, 0.15) is 5.69 Å². The molecule has 0 bridgehead atoms. The van der Waals surface area contributed by atoms with E-state index in [1.165, 1.54) is 5.56 Å². The van der Waals surface area contributed by atoms with Crippen LogP contribution in [0.2, 0.25) is 0 Å². The van der Waals surface area contributed by atoms with Crippen LogP contribution in [0.1, 0.15) is 41.7 Å². The smallest absolute Gasteiger partial charge is 0.271 e. The molecule has 2 amide bonds. The molecule has 4 rings (SSSR count). The first kappa shape index (κ1) is 17.8. The minimum absolute atomic E-state index is 0.0133. The van der Waals surface area contributed by atoms with Crippen molar-refractivity contribution >= 4 is 11.8 Å². The van der Waals surface area contributed by atoms with Crippen molar-refractivity contribution in [3.8, 4) is 0 Å². The number of nitrogens with one attached hydrogen (secondary N) is 1. The van der Waals surface area contributed by atoms with Gasteiger partial charge in [-0.3, -0.25) is 14.7 Å². The fraction of sp³-hybridized carbons (Fsp3) is 0.476. The number of hydrogen-bond donors (Lipinski definition) is 1. The molecule has 1 atom stereocenters. The summed E-state index contributed by atoms with van der Waals surface area (Å²) in [5.74, 6) is 0.257. The molecule has 142 valence electrons. The van der Waals surface area contributed by atoms with Crippen LogP contribution in [0, 0.1) is 5.41 Å². The molecule has 27 heavy (non-hydrogen) atoms. The van der Waals surface area contributed by atoms with Crippen LogP contribution in [-0.2, 0) is 11.2 Å². The van der Waals surface area contributed by atoms with E-state index in [1.54, 1.807) is 12.3 Å². The van der Waals surface area contributed by atoms with Gasteiger partial charge in [-0.15, -0.1) is 0 Å². The Morgan fingerprint density at radius 3 is 2.78 bits per heavy atom. The van der Waals surface area contributed by atoms with E-state index in [9.17, 15) is 9.59 Å². The summed E-state index contributed by atoms with van der Waals surface area (Å²) in [7, 11) is 0. The molecule has 1 unspecified atom stereocenters. The number of aromatic amines is 1. The maximum absolute atomic E-state index is 12.7. The fourth-order valence-corrected chi connectivity index (χ4v) is 4.47. The maximum atomic E-state index is 12.7. The predicted octanol–water partition coefficient (Wildman–Crippen LogP) is 2.50. The van der Waals surface area contributed by atoms with Gasteiger partial charge in [-0.25, -0.2) is 0 Å². The van der Waals surface area contributed by atoms with Gasteiger partial charge in [0.05, 0.1) is 0 Å². The van der Waals surface area contributed by atoms with Gasteiger partial charge < -0.3 is 9.80 Å². The SMILES string of the molecule is O=C1CCC2(CCCN(C(=O)c3ccn[nH]3)C2)CN1CCc1ccccc1. The van der Waals surface area contributed by atoms with Crippen molar-refractivity contribution in [2.45, 2.75) is 32.1 Å². The summed E-state index contributed by atoms with van der Waals surface area (Å²) < 4.78 is 0. The number of hydrogen-bond acceptors (Lipinski definition) is 3. The number of likely N-dealkylation sites (tertiary alicyclic amines) is 2. The second kappa shape index (κ2) is 7.55. The highest BCUT2D eigenvalue weighted by molar-refractivity contribution is 5.92. The molecule has 6 heteroatoms. The zero-order valence-electron chi connectivity index (χ0n) is 15.6. The Morgan fingerprint density at radius 1 is 1.15 bits per heavy atom. The van der Waals surface area contributed by atoms with E-state index >= 15 is 0 Å². The van der Waals surface area contributed by atoms with E-state index in [4.69, 9.17) is 0 Å². The molecule has 6 nitrogen and oxygen atoms in total. The highest BCUT2D eigenvalue weighted by Crippen LogP contribution is 2.39. The van der Waals surface area contributed by atoms with Gasteiger partial charge in [-0.1, -0.05) is 30.3 Å². The van der Waals surface area contributed by atoms with Crippen LogP contribution in [-0.4, -0.2) is 58.0 Å². The minimum Gasteiger partial charge on any atom is -0.342 e. The van der Waals surface area contributed by atoms with Crippen LogP contribution in [0.4, 0.5) is 0 Å². The first-order valence-corrected chi connectivity index (χ1v) is 9.76. The van der Waals surface area contributed by atoms with Crippen LogP contribution in [0.3, 0.4) is 0 Å². The van der Waals surface area contributed by atoms with E-state index < -0.39 is 0 Å². The van der Waals surface area contributed by atoms with Crippen LogP contribution in [0.25, 0.3) is 0 Å². The number of aromatic nitrogens is 2. The van der Waals surface area contributed by atoms with Gasteiger partial charge in [0.15, 0.2) is 0 Å². The summed E-state index contributed by atoms with van der Waals surface area (Å²) in [5, 5.41) is 6.67. The summed E-state index contributed by atoms with van der Waals surface area (Å²) in [6.45, 7) is 3.00. The van der Waals surface area contributed by atoms with E-state index in [2.05, 4.69) is 22.3 Å². The third-order valence-electron chi connectivity index (χ3n) is 5.94. The van der Waals surface area contributed by atoms with Crippen molar-refractivity contribution in [3.63, 3.8) is 0 Å². The van der Waals surface area contributed by atoms with Gasteiger partial charge >= 0.3 is 0 Å². The van der Waals surface area contributed by atoms with E-state index in [1.807, 2.05) is 28.0 Å².